The van der Waals surface area contributed by atoms with Gasteiger partial charge in [-0.2, -0.15) is 0 Å². The number of carbonyl (C=O) groups excluding carboxylic acids is 1. The summed E-state index contributed by atoms with van der Waals surface area (Å²) in [6.07, 6.45) is 2.81. The molecule has 23 heavy (non-hydrogen) atoms. The molecule has 1 fully saturated rings. The summed E-state index contributed by atoms with van der Waals surface area (Å²) < 4.78 is 5.27. The second kappa shape index (κ2) is 6.79. The lowest BCUT2D eigenvalue weighted by atomic mass is 9.94. The summed E-state index contributed by atoms with van der Waals surface area (Å²) in [5.41, 5.74) is 2.26. The van der Waals surface area contributed by atoms with Gasteiger partial charge in [0.25, 0.3) is 0 Å². The number of pyridine rings is 1. The maximum atomic E-state index is 12.2. The van der Waals surface area contributed by atoms with Crippen molar-refractivity contribution in [1.29, 1.82) is 0 Å². The molecule has 5 nitrogen and oxygen atoms in total. The first-order chi connectivity index (χ1) is 11.2. The number of benzene rings is 1. The number of anilines is 1. The second-order valence-corrected chi connectivity index (χ2v) is 5.82. The molecule has 1 N–H and O–H groups in total. The van der Waals surface area contributed by atoms with Gasteiger partial charge in [0.15, 0.2) is 0 Å². The molecule has 0 saturated carbocycles. The lowest BCUT2D eigenvalue weighted by Crippen LogP contribution is -2.45. The van der Waals surface area contributed by atoms with Crippen LogP contribution in [0.1, 0.15) is 23.6 Å². The number of likely N-dealkylation sites (tertiary alicyclic amines) is 1. The summed E-state index contributed by atoms with van der Waals surface area (Å²) in [4.78, 5) is 18.6. The summed E-state index contributed by atoms with van der Waals surface area (Å²) in [5, 5.41) is 2.85. The number of rotatable bonds is 5. The van der Waals surface area contributed by atoms with E-state index in [0.717, 1.165) is 24.3 Å². The summed E-state index contributed by atoms with van der Waals surface area (Å²) in [6, 6.07) is 12.1. The number of amides is 1. The number of methoxy groups -OCH3 is 1. The number of aryl methyl sites for hydroxylation is 1. The van der Waals surface area contributed by atoms with E-state index < -0.39 is 0 Å². The van der Waals surface area contributed by atoms with Gasteiger partial charge in [-0.15, -0.1) is 0 Å². The van der Waals surface area contributed by atoms with Gasteiger partial charge in [0.1, 0.15) is 11.6 Å². The van der Waals surface area contributed by atoms with E-state index in [9.17, 15) is 4.79 Å². The van der Waals surface area contributed by atoms with Gasteiger partial charge < -0.3 is 10.1 Å². The van der Waals surface area contributed by atoms with Gasteiger partial charge in [0.05, 0.1) is 13.7 Å². The van der Waals surface area contributed by atoms with E-state index in [1.807, 2.05) is 37.3 Å². The van der Waals surface area contributed by atoms with Crippen molar-refractivity contribution in [2.45, 2.75) is 19.4 Å². The number of hydrogen-bond donors (Lipinski definition) is 1. The van der Waals surface area contributed by atoms with Crippen LogP contribution in [0.2, 0.25) is 0 Å². The Morgan fingerprint density at radius 2 is 2.26 bits per heavy atom. The average molecular weight is 311 g/mol. The van der Waals surface area contributed by atoms with E-state index in [1.54, 1.807) is 13.3 Å². The molecule has 0 bridgehead atoms. The fourth-order valence-electron chi connectivity index (χ4n) is 2.76. The van der Waals surface area contributed by atoms with Crippen molar-refractivity contribution < 1.29 is 9.53 Å². The zero-order valence-corrected chi connectivity index (χ0v) is 13.5. The molecule has 2 aromatic rings. The van der Waals surface area contributed by atoms with Crippen molar-refractivity contribution in [3.05, 3.63) is 53.7 Å². The van der Waals surface area contributed by atoms with Crippen LogP contribution >= 0.6 is 0 Å². The predicted molar refractivity (Wildman–Crippen MR) is 89.5 cm³/mol. The third kappa shape index (κ3) is 3.68. The largest absolute Gasteiger partial charge is 0.497 e. The Kier molecular flexibility index (Phi) is 4.57. The number of nitrogens with zero attached hydrogens (tertiary/aromatic N) is 2. The molecule has 2 heterocycles. The topological polar surface area (TPSA) is 54.5 Å². The average Bonchev–Trinajstić information content (AvgIpc) is 2.54. The maximum Gasteiger partial charge on any atom is 0.239 e. The first kappa shape index (κ1) is 15.5. The second-order valence-electron chi connectivity index (χ2n) is 5.82. The number of nitrogens with one attached hydrogen (secondary N) is 1. The quantitative estimate of drug-likeness (QED) is 0.922. The van der Waals surface area contributed by atoms with E-state index in [2.05, 4.69) is 21.3 Å². The Morgan fingerprint density at radius 3 is 2.91 bits per heavy atom. The van der Waals surface area contributed by atoms with Gasteiger partial charge in [-0.05, 0) is 42.7 Å². The van der Waals surface area contributed by atoms with Crippen LogP contribution in [0.5, 0.6) is 5.75 Å². The number of hydrogen-bond acceptors (Lipinski definition) is 4. The van der Waals surface area contributed by atoms with Crippen LogP contribution in [-0.2, 0) is 4.79 Å². The van der Waals surface area contributed by atoms with Crippen LogP contribution in [0.25, 0.3) is 0 Å². The molecular weight excluding hydrogens is 290 g/mol. The van der Waals surface area contributed by atoms with Crippen molar-refractivity contribution in [2.75, 3.05) is 25.5 Å². The fourth-order valence-corrected chi connectivity index (χ4v) is 2.76. The Morgan fingerprint density at radius 1 is 1.39 bits per heavy atom. The van der Waals surface area contributed by atoms with Crippen molar-refractivity contribution >= 4 is 11.7 Å². The van der Waals surface area contributed by atoms with Gasteiger partial charge >= 0.3 is 0 Å². The Labute approximate surface area is 136 Å². The van der Waals surface area contributed by atoms with Gasteiger partial charge in [-0.25, -0.2) is 4.98 Å². The minimum atomic E-state index is -0.0334. The molecule has 3 rings (SSSR count). The first-order valence-electron chi connectivity index (χ1n) is 7.76. The van der Waals surface area contributed by atoms with Crippen molar-refractivity contribution in [3.63, 3.8) is 0 Å². The summed E-state index contributed by atoms with van der Waals surface area (Å²) in [6.45, 7) is 3.27. The molecule has 1 amide bonds. The molecule has 0 radical (unpaired) electrons. The molecule has 120 valence electrons. The van der Waals surface area contributed by atoms with Crippen LogP contribution in [0.3, 0.4) is 0 Å². The standard InChI is InChI=1S/C18H21N3O2/c1-13-6-7-17(19-11-13)20-18(22)12-21-9-8-16(21)14-4-3-5-15(10-14)23-2/h3-7,10-11,16H,8-9,12H2,1-2H3,(H,19,20,22)/t16-/m1/s1. The minimum absolute atomic E-state index is 0.0334. The highest BCUT2D eigenvalue weighted by Gasteiger charge is 2.30. The monoisotopic (exact) mass is 311 g/mol. The van der Waals surface area contributed by atoms with Crippen molar-refractivity contribution in [1.82, 2.24) is 9.88 Å². The minimum Gasteiger partial charge on any atom is -0.497 e. The van der Waals surface area contributed by atoms with Crippen LogP contribution in [0, 0.1) is 6.92 Å². The molecule has 5 heteroatoms. The Bertz CT molecular complexity index is 685. The maximum absolute atomic E-state index is 12.2. The Balaban J connectivity index is 1.59. The number of carbonyl (C=O) groups is 1. The van der Waals surface area contributed by atoms with Crippen LogP contribution < -0.4 is 10.1 Å². The molecule has 1 aliphatic rings. The van der Waals surface area contributed by atoms with Gasteiger partial charge in [-0.3, -0.25) is 9.69 Å². The van der Waals surface area contributed by atoms with E-state index in [-0.39, 0.29) is 11.9 Å². The van der Waals surface area contributed by atoms with E-state index in [0.29, 0.717) is 12.4 Å². The summed E-state index contributed by atoms with van der Waals surface area (Å²) >= 11 is 0. The predicted octanol–water partition coefficient (Wildman–Crippen LogP) is 2.78. The molecular formula is C18H21N3O2. The molecule has 1 aromatic heterocycles. The molecule has 1 saturated heterocycles. The molecule has 1 atom stereocenters. The van der Waals surface area contributed by atoms with E-state index >= 15 is 0 Å². The van der Waals surface area contributed by atoms with Crippen LogP contribution in [-0.4, -0.2) is 36.0 Å². The SMILES string of the molecule is COc1cccc([C@H]2CCN2CC(=O)Nc2ccc(C)cn2)c1. The van der Waals surface area contributed by atoms with Crippen LogP contribution in [0.4, 0.5) is 5.82 Å². The van der Waals surface area contributed by atoms with E-state index in [1.165, 1.54) is 5.56 Å². The molecule has 0 unspecified atom stereocenters. The molecule has 1 aliphatic heterocycles. The third-order valence-corrected chi connectivity index (χ3v) is 4.13. The third-order valence-electron chi connectivity index (χ3n) is 4.13. The lowest BCUT2D eigenvalue weighted by molar-refractivity contribution is -0.119. The smallest absolute Gasteiger partial charge is 0.239 e. The highest BCUT2D eigenvalue weighted by atomic mass is 16.5. The number of aromatic nitrogens is 1. The molecule has 0 spiro atoms. The van der Waals surface area contributed by atoms with Crippen molar-refractivity contribution in [3.8, 4) is 5.75 Å². The van der Waals surface area contributed by atoms with E-state index in [4.69, 9.17) is 4.74 Å². The van der Waals surface area contributed by atoms with Crippen LogP contribution in [0.15, 0.2) is 42.6 Å². The van der Waals surface area contributed by atoms with Crippen molar-refractivity contribution in [2.24, 2.45) is 0 Å². The normalized spacial score (nSPS) is 17.4. The van der Waals surface area contributed by atoms with Gasteiger partial charge in [0.2, 0.25) is 5.91 Å². The highest BCUT2D eigenvalue weighted by Crippen LogP contribution is 2.34. The molecule has 0 aliphatic carbocycles. The zero-order valence-electron chi connectivity index (χ0n) is 13.5. The number of ether oxygens (including phenoxy) is 1. The highest BCUT2D eigenvalue weighted by molar-refractivity contribution is 5.91. The first-order valence-corrected chi connectivity index (χ1v) is 7.76. The summed E-state index contributed by atoms with van der Waals surface area (Å²) in [7, 11) is 1.67. The van der Waals surface area contributed by atoms with Gasteiger partial charge in [-0.1, -0.05) is 18.2 Å². The van der Waals surface area contributed by atoms with Gasteiger partial charge in [0, 0.05) is 18.8 Å². The summed E-state index contributed by atoms with van der Waals surface area (Å²) in [5.74, 6) is 1.41. The molecule has 1 aromatic carbocycles. The zero-order chi connectivity index (χ0) is 16.2. The Hall–Kier alpha value is -2.40. The lowest BCUT2D eigenvalue weighted by Gasteiger charge is -2.40. The fraction of sp³-hybridized carbons (Fsp3) is 0.333.